The Morgan fingerprint density at radius 3 is 2.37 bits per heavy atom. The second kappa shape index (κ2) is 16.0. The first-order valence-electron chi connectivity index (χ1n) is 16.9. The fraction of sp³-hybridized carbons (Fsp3) is 0.559. The number of likely N-dealkylation sites (tertiary alicyclic amines) is 1. The highest BCUT2D eigenvalue weighted by molar-refractivity contribution is 6.00. The first-order valence-corrected chi connectivity index (χ1v) is 16.9. The number of fused-ring (bicyclic) bond motifs is 1. The van der Waals surface area contributed by atoms with Crippen molar-refractivity contribution in [3.8, 4) is 5.75 Å². The van der Waals surface area contributed by atoms with E-state index in [1.54, 1.807) is 24.0 Å². The number of aryl methyl sites for hydroxylation is 1. The number of nitrogens with zero attached hydrogens (tertiary/aromatic N) is 4. The summed E-state index contributed by atoms with van der Waals surface area (Å²) in [7, 11) is 0. The molecule has 3 heterocycles. The van der Waals surface area contributed by atoms with Crippen molar-refractivity contribution in [1.29, 1.82) is 0 Å². The minimum absolute atomic E-state index is 0.133. The molecule has 2 aliphatic heterocycles. The number of carboxylic acids is 1. The number of pyridine rings is 1. The Hall–Kier alpha value is -4.95. The standard InChI is InChI=1S/C34H44N6O9/c1-3-48-34(47)39-15-13-38(14-16-39)33(46)26(19-30(42)43)37-31(44)25-18-28(23-11-10-21(2)17-24(23)36-25)49-20-29(41)40-12-6-9-27(40)32(45)35-22-7-4-5-8-22/h10-11,17-18,22,26-27H,3-9,12-16,19-20H2,1-2H3,(H,35,45)(H,37,44)(H,42,43)/t26-,27-/m0/s1. The maximum absolute atomic E-state index is 13.5. The molecular formula is C34H44N6O9. The van der Waals surface area contributed by atoms with Gasteiger partial charge in [0.1, 0.15) is 23.5 Å². The van der Waals surface area contributed by atoms with Crippen LogP contribution in [0.3, 0.4) is 0 Å². The first kappa shape index (κ1) is 35.4. The number of rotatable bonds is 11. The van der Waals surface area contributed by atoms with E-state index in [9.17, 15) is 33.9 Å². The van der Waals surface area contributed by atoms with Gasteiger partial charge in [0.15, 0.2) is 6.61 Å². The van der Waals surface area contributed by atoms with Gasteiger partial charge in [0.25, 0.3) is 11.8 Å². The molecule has 264 valence electrons. The summed E-state index contributed by atoms with van der Waals surface area (Å²) in [5.41, 5.74) is 1.13. The quantitative estimate of drug-likeness (QED) is 0.316. The van der Waals surface area contributed by atoms with Crippen molar-refractivity contribution in [2.75, 3.05) is 45.9 Å². The Morgan fingerprint density at radius 1 is 0.959 bits per heavy atom. The molecule has 0 radical (unpaired) electrons. The van der Waals surface area contributed by atoms with Crippen molar-refractivity contribution in [1.82, 2.24) is 30.3 Å². The van der Waals surface area contributed by atoms with Gasteiger partial charge in [0, 0.05) is 50.2 Å². The summed E-state index contributed by atoms with van der Waals surface area (Å²) in [6, 6.07) is 4.88. The molecule has 1 aromatic heterocycles. The second-order valence-electron chi connectivity index (χ2n) is 12.7. The van der Waals surface area contributed by atoms with Crippen LogP contribution in [0.4, 0.5) is 4.79 Å². The Labute approximate surface area is 284 Å². The van der Waals surface area contributed by atoms with Crippen LogP contribution < -0.4 is 15.4 Å². The molecule has 2 aromatic rings. The van der Waals surface area contributed by atoms with E-state index >= 15 is 0 Å². The van der Waals surface area contributed by atoms with Crippen molar-refractivity contribution in [2.45, 2.75) is 76.9 Å². The molecule has 5 amide bonds. The largest absolute Gasteiger partial charge is 0.483 e. The molecule has 3 N–H and O–H groups in total. The van der Waals surface area contributed by atoms with Crippen molar-refractivity contribution < 1.29 is 43.3 Å². The summed E-state index contributed by atoms with van der Waals surface area (Å²) < 4.78 is 11.0. The summed E-state index contributed by atoms with van der Waals surface area (Å²) in [6.45, 7) is 4.51. The van der Waals surface area contributed by atoms with Crippen LogP contribution in [0.2, 0.25) is 0 Å². The van der Waals surface area contributed by atoms with Crippen LogP contribution in [0, 0.1) is 6.92 Å². The van der Waals surface area contributed by atoms with Gasteiger partial charge >= 0.3 is 12.1 Å². The molecule has 0 unspecified atom stereocenters. The molecule has 3 fully saturated rings. The molecule has 49 heavy (non-hydrogen) atoms. The lowest BCUT2D eigenvalue weighted by Crippen LogP contribution is -2.56. The van der Waals surface area contributed by atoms with Crippen LogP contribution >= 0.6 is 0 Å². The average Bonchev–Trinajstić information content (AvgIpc) is 3.79. The maximum Gasteiger partial charge on any atom is 0.409 e. The summed E-state index contributed by atoms with van der Waals surface area (Å²) in [6.07, 6.45) is 4.16. The SMILES string of the molecule is CCOC(=O)N1CCN(C(=O)[C@H](CC(=O)O)NC(=O)c2cc(OCC(=O)N3CCC[C@H]3C(=O)NC3CCCC3)c3ccc(C)cc3n2)CC1. The van der Waals surface area contributed by atoms with Crippen LogP contribution in [0.1, 0.15) is 67.9 Å². The number of carboxylic acid groups (broad SMARTS) is 1. The number of carbonyl (C=O) groups excluding carboxylic acids is 5. The number of carbonyl (C=O) groups is 6. The molecule has 0 spiro atoms. The van der Waals surface area contributed by atoms with E-state index in [0.717, 1.165) is 31.2 Å². The summed E-state index contributed by atoms with van der Waals surface area (Å²) in [5, 5.41) is 15.7. The second-order valence-corrected chi connectivity index (χ2v) is 12.7. The predicted molar refractivity (Wildman–Crippen MR) is 176 cm³/mol. The van der Waals surface area contributed by atoms with Crippen molar-refractivity contribution in [3.05, 3.63) is 35.5 Å². The molecule has 5 rings (SSSR count). The van der Waals surface area contributed by atoms with Crippen LogP contribution in [-0.4, -0.2) is 125 Å². The Morgan fingerprint density at radius 2 is 1.67 bits per heavy atom. The van der Waals surface area contributed by atoms with Gasteiger partial charge in [-0.25, -0.2) is 9.78 Å². The van der Waals surface area contributed by atoms with Gasteiger partial charge in [-0.15, -0.1) is 0 Å². The highest BCUT2D eigenvalue weighted by Crippen LogP contribution is 2.28. The predicted octanol–water partition coefficient (Wildman–Crippen LogP) is 1.85. The zero-order chi connectivity index (χ0) is 35.1. The van der Waals surface area contributed by atoms with Gasteiger partial charge in [-0.2, -0.15) is 0 Å². The van der Waals surface area contributed by atoms with Gasteiger partial charge in [-0.3, -0.25) is 24.0 Å². The number of ether oxygens (including phenoxy) is 2. The number of aromatic nitrogens is 1. The van der Waals surface area contributed by atoms with E-state index in [0.29, 0.717) is 30.3 Å². The number of aliphatic carboxylic acids is 1. The molecule has 2 saturated heterocycles. The van der Waals surface area contributed by atoms with E-state index in [-0.39, 0.29) is 68.7 Å². The molecule has 2 atom stereocenters. The number of nitrogens with one attached hydrogen (secondary N) is 2. The molecular weight excluding hydrogens is 636 g/mol. The van der Waals surface area contributed by atoms with Crippen LogP contribution in [-0.2, 0) is 23.9 Å². The van der Waals surface area contributed by atoms with Crippen molar-refractivity contribution >= 4 is 46.6 Å². The Kier molecular flexibility index (Phi) is 11.5. The molecule has 3 aliphatic rings. The monoisotopic (exact) mass is 680 g/mol. The van der Waals surface area contributed by atoms with Crippen molar-refractivity contribution in [2.24, 2.45) is 0 Å². The Balaban J connectivity index is 1.28. The van der Waals surface area contributed by atoms with Crippen molar-refractivity contribution in [3.63, 3.8) is 0 Å². The smallest absolute Gasteiger partial charge is 0.409 e. The topological polar surface area (TPSA) is 188 Å². The summed E-state index contributed by atoms with van der Waals surface area (Å²) in [5.74, 6) is -2.99. The zero-order valence-corrected chi connectivity index (χ0v) is 27.9. The Bertz CT molecular complexity index is 1590. The molecule has 15 heteroatoms. The fourth-order valence-corrected chi connectivity index (χ4v) is 6.62. The highest BCUT2D eigenvalue weighted by atomic mass is 16.6. The normalized spacial score (nSPS) is 18.7. The van der Waals surface area contributed by atoms with E-state index in [1.165, 1.54) is 15.9 Å². The molecule has 1 aliphatic carbocycles. The van der Waals surface area contributed by atoms with Gasteiger partial charge in [0.2, 0.25) is 11.8 Å². The molecule has 1 aromatic carbocycles. The third-order valence-electron chi connectivity index (χ3n) is 9.19. The third-order valence-corrected chi connectivity index (χ3v) is 9.19. The number of amides is 5. The van der Waals surface area contributed by atoms with Gasteiger partial charge in [-0.05, 0) is 57.2 Å². The third kappa shape index (κ3) is 8.75. The minimum atomic E-state index is -1.40. The lowest BCUT2D eigenvalue weighted by Gasteiger charge is -2.35. The van der Waals surface area contributed by atoms with Crippen LogP contribution in [0.5, 0.6) is 5.75 Å². The zero-order valence-electron chi connectivity index (χ0n) is 27.9. The average molecular weight is 681 g/mol. The lowest BCUT2D eigenvalue weighted by atomic mass is 10.1. The molecule has 1 saturated carbocycles. The number of piperazine rings is 1. The number of hydrogen-bond acceptors (Lipinski definition) is 9. The fourth-order valence-electron chi connectivity index (χ4n) is 6.62. The number of benzene rings is 1. The molecule has 0 bridgehead atoms. The van der Waals surface area contributed by atoms with E-state index in [1.807, 2.05) is 13.0 Å². The van der Waals surface area contributed by atoms with Gasteiger partial charge in [0.05, 0.1) is 18.5 Å². The number of hydrogen-bond donors (Lipinski definition) is 3. The first-order chi connectivity index (χ1) is 23.5. The lowest BCUT2D eigenvalue weighted by molar-refractivity contribution is -0.143. The van der Waals surface area contributed by atoms with E-state index in [2.05, 4.69) is 15.6 Å². The minimum Gasteiger partial charge on any atom is -0.483 e. The highest BCUT2D eigenvalue weighted by Gasteiger charge is 2.36. The summed E-state index contributed by atoms with van der Waals surface area (Å²) >= 11 is 0. The maximum atomic E-state index is 13.5. The van der Waals surface area contributed by atoms with Gasteiger partial charge in [-0.1, -0.05) is 18.9 Å². The van der Waals surface area contributed by atoms with E-state index in [4.69, 9.17) is 9.47 Å². The van der Waals surface area contributed by atoms with Crippen LogP contribution in [0.15, 0.2) is 24.3 Å². The van der Waals surface area contributed by atoms with Crippen LogP contribution in [0.25, 0.3) is 10.9 Å². The van der Waals surface area contributed by atoms with Gasteiger partial charge < -0.3 is 39.9 Å². The van der Waals surface area contributed by atoms with E-state index < -0.39 is 42.4 Å². The summed E-state index contributed by atoms with van der Waals surface area (Å²) in [4.78, 5) is 85.9. The molecule has 15 nitrogen and oxygen atoms in total.